The highest BCUT2D eigenvalue weighted by atomic mass is 35.5. The van der Waals surface area contributed by atoms with Crippen LogP contribution in [0.2, 0.25) is 5.02 Å². The molecule has 2 unspecified atom stereocenters. The molecule has 2 aliphatic rings. The van der Waals surface area contributed by atoms with E-state index in [9.17, 15) is 8.42 Å². The minimum Gasteiger partial charge on any atom is -0.398 e. The molecule has 2 N–H and O–H groups in total. The van der Waals surface area contributed by atoms with Crippen LogP contribution in [-0.4, -0.2) is 49.3 Å². The van der Waals surface area contributed by atoms with Crippen molar-refractivity contribution in [2.45, 2.75) is 36.7 Å². The molecule has 2 heterocycles. The Kier molecular flexibility index (Phi) is 3.90. The first-order valence-corrected chi connectivity index (χ1v) is 9.02. The second kappa shape index (κ2) is 5.43. The Morgan fingerprint density at radius 1 is 1.33 bits per heavy atom. The van der Waals surface area contributed by atoms with Crippen LogP contribution in [0, 0.1) is 0 Å². The molecule has 0 aliphatic carbocycles. The molecular weight excluding hydrogens is 310 g/mol. The van der Waals surface area contributed by atoms with Crippen molar-refractivity contribution in [2.75, 3.05) is 25.4 Å². The van der Waals surface area contributed by atoms with E-state index in [0.717, 1.165) is 25.9 Å². The predicted octanol–water partition coefficient (Wildman–Crippen LogP) is 1.78. The molecule has 2 fully saturated rings. The number of piperazine rings is 1. The van der Waals surface area contributed by atoms with E-state index in [4.69, 9.17) is 17.3 Å². The monoisotopic (exact) mass is 329 g/mol. The van der Waals surface area contributed by atoms with Gasteiger partial charge in [-0.15, -0.1) is 0 Å². The zero-order chi connectivity index (χ0) is 15.2. The van der Waals surface area contributed by atoms with Crippen LogP contribution < -0.4 is 5.73 Å². The molecule has 0 aromatic heterocycles. The molecule has 2 saturated heterocycles. The van der Waals surface area contributed by atoms with Crippen molar-refractivity contribution in [3.8, 4) is 0 Å². The van der Waals surface area contributed by atoms with E-state index >= 15 is 0 Å². The van der Waals surface area contributed by atoms with Gasteiger partial charge in [0.2, 0.25) is 10.0 Å². The van der Waals surface area contributed by atoms with Gasteiger partial charge in [-0.1, -0.05) is 11.6 Å². The molecule has 1 aromatic rings. The Balaban J connectivity index is 1.95. The second-order valence-electron chi connectivity index (χ2n) is 5.90. The van der Waals surface area contributed by atoms with Gasteiger partial charge in [0.15, 0.2) is 0 Å². The first-order chi connectivity index (χ1) is 9.89. The SMILES string of the molecule is CC1CN2CCCC2CN1S(=O)(=O)c1cc(Cl)ccc1N. The van der Waals surface area contributed by atoms with Gasteiger partial charge in [0, 0.05) is 30.2 Å². The van der Waals surface area contributed by atoms with Crippen molar-refractivity contribution >= 4 is 27.3 Å². The summed E-state index contributed by atoms with van der Waals surface area (Å²) in [6.07, 6.45) is 2.20. The van der Waals surface area contributed by atoms with Crippen LogP contribution in [0.25, 0.3) is 0 Å². The fraction of sp³-hybridized carbons (Fsp3) is 0.571. The lowest BCUT2D eigenvalue weighted by Crippen LogP contribution is -2.56. The molecule has 5 nitrogen and oxygen atoms in total. The standard InChI is InChI=1S/C14H20ClN3O2S/c1-10-8-17-6-2-3-12(17)9-18(10)21(19,20)14-7-11(15)4-5-13(14)16/h4-5,7,10,12H,2-3,6,8-9,16H2,1H3. The number of rotatable bonds is 2. The second-order valence-corrected chi connectivity index (χ2v) is 8.19. The third-order valence-electron chi connectivity index (χ3n) is 4.44. The first-order valence-electron chi connectivity index (χ1n) is 7.20. The zero-order valence-corrected chi connectivity index (χ0v) is 13.6. The maximum Gasteiger partial charge on any atom is 0.245 e. The average Bonchev–Trinajstić information content (AvgIpc) is 2.87. The van der Waals surface area contributed by atoms with Gasteiger partial charge in [0.25, 0.3) is 0 Å². The van der Waals surface area contributed by atoms with Crippen LogP contribution in [0.3, 0.4) is 0 Å². The number of fused-ring (bicyclic) bond motifs is 1. The number of anilines is 1. The Bertz CT molecular complexity index is 650. The fourth-order valence-electron chi connectivity index (χ4n) is 3.35. The quantitative estimate of drug-likeness (QED) is 0.840. The summed E-state index contributed by atoms with van der Waals surface area (Å²) in [6, 6.07) is 4.87. The van der Waals surface area contributed by atoms with E-state index in [0.29, 0.717) is 17.6 Å². The molecule has 0 saturated carbocycles. The lowest BCUT2D eigenvalue weighted by atomic mass is 10.1. The van der Waals surface area contributed by atoms with Gasteiger partial charge in [-0.2, -0.15) is 4.31 Å². The number of hydrogen-bond acceptors (Lipinski definition) is 4. The van der Waals surface area contributed by atoms with Gasteiger partial charge in [0.1, 0.15) is 4.90 Å². The molecular formula is C14H20ClN3O2S. The Hall–Kier alpha value is -0.820. The summed E-state index contributed by atoms with van der Waals surface area (Å²) in [5.74, 6) is 0. The van der Waals surface area contributed by atoms with Crippen LogP contribution in [0.4, 0.5) is 5.69 Å². The van der Waals surface area contributed by atoms with Crippen LogP contribution in [-0.2, 0) is 10.0 Å². The minimum absolute atomic E-state index is 0.0530. The molecule has 0 spiro atoms. The molecule has 1 aromatic carbocycles. The third kappa shape index (κ3) is 2.65. The van der Waals surface area contributed by atoms with E-state index in [1.54, 1.807) is 16.4 Å². The molecule has 0 amide bonds. The summed E-state index contributed by atoms with van der Waals surface area (Å²) >= 11 is 5.94. The zero-order valence-electron chi connectivity index (χ0n) is 12.0. The Morgan fingerprint density at radius 3 is 2.86 bits per heavy atom. The number of halogens is 1. The first kappa shape index (κ1) is 15.1. The van der Waals surface area contributed by atoms with Crippen molar-refractivity contribution in [2.24, 2.45) is 0 Å². The van der Waals surface area contributed by atoms with Crippen molar-refractivity contribution in [1.29, 1.82) is 0 Å². The highest BCUT2D eigenvalue weighted by Gasteiger charge is 2.40. The fourth-order valence-corrected chi connectivity index (χ4v) is 5.39. The Labute approximate surface area is 130 Å². The maximum atomic E-state index is 12.9. The van der Waals surface area contributed by atoms with Gasteiger partial charge >= 0.3 is 0 Å². The lowest BCUT2D eigenvalue weighted by molar-refractivity contribution is 0.117. The third-order valence-corrected chi connectivity index (χ3v) is 6.71. The van der Waals surface area contributed by atoms with Gasteiger partial charge in [-0.05, 0) is 44.5 Å². The van der Waals surface area contributed by atoms with E-state index in [-0.39, 0.29) is 16.6 Å². The lowest BCUT2D eigenvalue weighted by Gasteiger charge is -2.41. The predicted molar refractivity (Wildman–Crippen MR) is 83.8 cm³/mol. The van der Waals surface area contributed by atoms with Gasteiger partial charge in [-0.25, -0.2) is 8.42 Å². The molecule has 2 atom stereocenters. The van der Waals surface area contributed by atoms with Crippen LogP contribution >= 0.6 is 11.6 Å². The van der Waals surface area contributed by atoms with Gasteiger partial charge < -0.3 is 5.73 Å². The maximum absolute atomic E-state index is 12.9. The van der Waals surface area contributed by atoms with E-state index in [2.05, 4.69) is 4.90 Å². The van der Waals surface area contributed by atoms with Gasteiger partial charge in [0.05, 0.1) is 5.69 Å². The molecule has 0 bridgehead atoms. The van der Waals surface area contributed by atoms with Crippen molar-refractivity contribution in [3.05, 3.63) is 23.2 Å². The number of nitrogens with two attached hydrogens (primary N) is 1. The smallest absolute Gasteiger partial charge is 0.245 e. The molecule has 2 aliphatic heterocycles. The number of nitrogen functional groups attached to an aromatic ring is 1. The molecule has 0 radical (unpaired) electrons. The largest absolute Gasteiger partial charge is 0.398 e. The summed E-state index contributed by atoms with van der Waals surface area (Å²) < 4.78 is 27.4. The summed E-state index contributed by atoms with van der Waals surface area (Å²) in [6.45, 7) is 4.34. The van der Waals surface area contributed by atoms with E-state index in [1.807, 2.05) is 6.92 Å². The highest BCUT2D eigenvalue weighted by Crippen LogP contribution is 2.31. The molecule has 3 rings (SSSR count). The normalized spacial score (nSPS) is 27.7. The minimum atomic E-state index is -3.61. The average molecular weight is 330 g/mol. The number of nitrogens with zero attached hydrogens (tertiary/aromatic N) is 2. The molecule has 7 heteroatoms. The Morgan fingerprint density at radius 2 is 2.10 bits per heavy atom. The highest BCUT2D eigenvalue weighted by molar-refractivity contribution is 7.89. The van der Waals surface area contributed by atoms with Crippen LogP contribution in [0.5, 0.6) is 0 Å². The van der Waals surface area contributed by atoms with Crippen molar-refractivity contribution in [1.82, 2.24) is 9.21 Å². The number of benzene rings is 1. The summed E-state index contributed by atoms with van der Waals surface area (Å²) in [7, 11) is -3.61. The van der Waals surface area contributed by atoms with Crippen molar-refractivity contribution < 1.29 is 8.42 Å². The van der Waals surface area contributed by atoms with E-state index < -0.39 is 10.0 Å². The summed E-state index contributed by atoms with van der Waals surface area (Å²) in [4.78, 5) is 2.51. The summed E-state index contributed by atoms with van der Waals surface area (Å²) in [5, 5.41) is 0.384. The van der Waals surface area contributed by atoms with Crippen LogP contribution in [0.15, 0.2) is 23.1 Å². The van der Waals surface area contributed by atoms with Crippen LogP contribution in [0.1, 0.15) is 19.8 Å². The molecule has 21 heavy (non-hydrogen) atoms. The molecule has 116 valence electrons. The van der Waals surface area contributed by atoms with Gasteiger partial charge in [-0.3, -0.25) is 4.90 Å². The number of hydrogen-bond donors (Lipinski definition) is 1. The van der Waals surface area contributed by atoms with Crippen molar-refractivity contribution in [3.63, 3.8) is 0 Å². The topological polar surface area (TPSA) is 66.6 Å². The number of sulfonamides is 1. The summed E-state index contributed by atoms with van der Waals surface area (Å²) in [5.41, 5.74) is 6.11. The van der Waals surface area contributed by atoms with E-state index in [1.165, 1.54) is 6.07 Å².